The van der Waals surface area contributed by atoms with Crippen LogP contribution in [0.4, 0.5) is 0 Å². The van der Waals surface area contributed by atoms with E-state index in [1.807, 2.05) is 19.1 Å². The standard InChI is InChI=1S/C28H40NO4PS/c1-5-8-11-17-29(18-12-9-6-2)34(31,35-19-10-7-3)33-23-14-16-26-25(21-23)28(30)24-15-13-22(4)20-27(24)32-26/h13-16,20-21H,5-12,17-19H2,1-4H3. The number of unbranched alkanes of at least 4 members (excludes halogenated alkanes) is 5. The summed E-state index contributed by atoms with van der Waals surface area (Å²) < 4.78 is 28.8. The highest BCUT2D eigenvalue weighted by Gasteiger charge is 2.33. The van der Waals surface area contributed by atoms with Crippen molar-refractivity contribution in [3.05, 3.63) is 52.2 Å². The summed E-state index contributed by atoms with van der Waals surface area (Å²) in [6, 6.07) is 10.8. The first-order chi connectivity index (χ1) is 16.9. The molecule has 192 valence electrons. The molecule has 0 saturated heterocycles. The summed E-state index contributed by atoms with van der Waals surface area (Å²) in [7, 11) is 0. The molecular formula is C28H40NO4PS. The van der Waals surface area contributed by atoms with Gasteiger partial charge in [-0.2, -0.15) is 0 Å². The Labute approximate surface area is 213 Å². The SMILES string of the molecule is CCCCCN(CCCCC)P(=O)(Oc1ccc2oc3cc(C)ccc3c(=O)c2c1)SCCCC. The predicted octanol–water partition coefficient (Wildman–Crippen LogP) is 8.96. The monoisotopic (exact) mass is 517 g/mol. The summed E-state index contributed by atoms with van der Waals surface area (Å²) in [6.45, 7) is 6.80. The van der Waals surface area contributed by atoms with Crippen molar-refractivity contribution in [3.8, 4) is 5.75 Å². The largest absolute Gasteiger partial charge is 0.456 e. The van der Waals surface area contributed by atoms with Gasteiger partial charge in [-0.1, -0.05) is 58.9 Å². The van der Waals surface area contributed by atoms with Crippen LogP contribution in [0.2, 0.25) is 0 Å². The van der Waals surface area contributed by atoms with Gasteiger partial charge in [-0.3, -0.25) is 4.79 Å². The molecule has 3 rings (SSSR count). The summed E-state index contributed by atoms with van der Waals surface area (Å²) >= 11 is 1.44. The van der Waals surface area contributed by atoms with Crippen molar-refractivity contribution >= 4 is 40.0 Å². The highest BCUT2D eigenvalue weighted by molar-refractivity contribution is 8.55. The number of benzene rings is 2. The quantitative estimate of drug-likeness (QED) is 0.114. The molecule has 3 aromatic rings. The summed E-state index contributed by atoms with van der Waals surface area (Å²) in [5, 5.41) is 0.994. The van der Waals surface area contributed by atoms with Gasteiger partial charge in [0.25, 0.3) is 0 Å². The number of fused-ring (bicyclic) bond motifs is 2. The first-order valence-corrected chi connectivity index (χ1v) is 16.3. The molecule has 0 N–H and O–H groups in total. The minimum atomic E-state index is -3.19. The van der Waals surface area contributed by atoms with Gasteiger partial charge in [0.1, 0.15) is 16.9 Å². The van der Waals surface area contributed by atoms with E-state index >= 15 is 0 Å². The van der Waals surface area contributed by atoms with Crippen LogP contribution in [-0.2, 0) is 4.57 Å². The summed E-state index contributed by atoms with van der Waals surface area (Å²) in [5.74, 6) is 1.24. The van der Waals surface area contributed by atoms with Gasteiger partial charge in [0, 0.05) is 18.8 Å². The van der Waals surface area contributed by atoms with Gasteiger partial charge in [-0.25, -0.2) is 9.24 Å². The van der Waals surface area contributed by atoms with Crippen molar-refractivity contribution in [3.63, 3.8) is 0 Å². The number of nitrogens with zero attached hydrogens (tertiary/aromatic N) is 1. The Morgan fingerprint density at radius 3 is 2.20 bits per heavy atom. The van der Waals surface area contributed by atoms with Crippen LogP contribution < -0.4 is 9.95 Å². The number of hydrogen-bond acceptors (Lipinski definition) is 5. The number of aryl methyl sites for hydroxylation is 1. The van der Waals surface area contributed by atoms with Crippen molar-refractivity contribution in [1.29, 1.82) is 0 Å². The summed E-state index contributed by atoms with van der Waals surface area (Å²) in [6.07, 6.45) is 8.47. The van der Waals surface area contributed by atoms with Crippen molar-refractivity contribution in [2.75, 3.05) is 18.8 Å². The second kappa shape index (κ2) is 13.5. The van der Waals surface area contributed by atoms with Crippen LogP contribution in [0.3, 0.4) is 0 Å². The average molecular weight is 518 g/mol. The van der Waals surface area contributed by atoms with E-state index in [2.05, 4.69) is 25.4 Å². The van der Waals surface area contributed by atoms with Crippen LogP contribution in [0.15, 0.2) is 45.6 Å². The Hall–Kier alpha value is -1.75. The maximum atomic E-state index is 14.4. The van der Waals surface area contributed by atoms with Crippen LogP contribution in [0.25, 0.3) is 21.9 Å². The zero-order valence-corrected chi connectivity index (χ0v) is 23.4. The van der Waals surface area contributed by atoms with E-state index in [-0.39, 0.29) is 5.43 Å². The van der Waals surface area contributed by atoms with Gasteiger partial charge < -0.3 is 8.94 Å². The van der Waals surface area contributed by atoms with Gasteiger partial charge in [0.2, 0.25) is 5.43 Å². The van der Waals surface area contributed by atoms with E-state index in [1.165, 1.54) is 11.4 Å². The fourth-order valence-electron chi connectivity index (χ4n) is 4.07. The Morgan fingerprint density at radius 2 is 1.54 bits per heavy atom. The maximum Gasteiger partial charge on any atom is 0.376 e. The molecule has 0 aliphatic carbocycles. The second-order valence-electron chi connectivity index (χ2n) is 9.20. The molecule has 0 amide bonds. The zero-order valence-electron chi connectivity index (χ0n) is 21.7. The maximum absolute atomic E-state index is 14.4. The fraction of sp³-hybridized carbons (Fsp3) is 0.536. The molecule has 0 fully saturated rings. The van der Waals surface area contributed by atoms with Crippen molar-refractivity contribution < 1.29 is 13.5 Å². The third kappa shape index (κ3) is 7.38. The molecule has 1 atom stereocenters. The Balaban J connectivity index is 1.96. The van der Waals surface area contributed by atoms with E-state index in [1.54, 1.807) is 24.3 Å². The smallest absolute Gasteiger partial charge is 0.376 e. The average Bonchev–Trinajstić information content (AvgIpc) is 2.84. The van der Waals surface area contributed by atoms with E-state index in [4.69, 9.17) is 8.94 Å². The lowest BCUT2D eigenvalue weighted by atomic mass is 10.1. The Morgan fingerprint density at radius 1 is 0.857 bits per heavy atom. The lowest BCUT2D eigenvalue weighted by molar-refractivity contribution is 0.351. The topological polar surface area (TPSA) is 59.8 Å². The van der Waals surface area contributed by atoms with Crippen molar-refractivity contribution in [2.45, 2.75) is 79.1 Å². The molecule has 0 radical (unpaired) electrons. The fourth-order valence-corrected chi connectivity index (χ4v) is 8.67. The first kappa shape index (κ1) is 27.8. The van der Waals surface area contributed by atoms with E-state index in [0.29, 0.717) is 27.7 Å². The van der Waals surface area contributed by atoms with Crippen LogP contribution in [0.5, 0.6) is 5.75 Å². The molecule has 2 aromatic carbocycles. The third-order valence-electron chi connectivity index (χ3n) is 6.16. The molecule has 1 heterocycles. The molecule has 1 unspecified atom stereocenters. The van der Waals surface area contributed by atoms with E-state index in [9.17, 15) is 9.36 Å². The zero-order chi connectivity index (χ0) is 25.3. The molecule has 0 aliphatic rings. The number of hydrogen-bond donors (Lipinski definition) is 0. The molecule has 1 aromatic heterocycles. The summed E-state index contributed by atoms with van der Waals surface area (Å²) in [4.78, 5) is 13.2. The normalized spacial score (nSPS) is 13.5. The molecule has 0 aliphatic heterocycles. The van der Waals surface area contributed by atoms with E-state index in [0.717, 1.165) is 75.8 Å². The lowest BCUT2D eigenvalue weighted by Crippen LogP contribution is -2.24. The van der Waals surface area contributed by atoms with Crippen LogP contribution in [0, 0.1) is 6.92 Å². The summed E-state index contributed by atoms with van der Waals surface area (Å²) in [5.41, 5.74) is 2.03. The van der Waals surface area contributed by atoms with Gasteiger partial charge in [0.05, 0.1) is 10.8 Å². The Bertz CT molecular complexity index is 1200. The minimum Gasteiger partial charge on any atom is -0.456 e. The van der Waals surface area contributed by atoms with Crippen LogP contribution in [0.1, 0.15) is 77.7 Å². The van der Waals surface area contributed by atoms with Gasteiger partial charge in [-0.15, -0.1) is 0 Å². The highest BCUT2D eigenvalue weighted by atomic mass is 32.7. The highest BCUT2D eigenvalue weighted by Crippen LogP contribution is 2.62. The van der Waals surface area contributed by atoms with Crippen molar-refractivity contribution in [1.82, 2.24) is 4.67 Å². The third-order valence-corrected chi connectivity index (χ3v) is 10.9. The van der Waals surface area contributed by atoms with Crippen molar-refractivity contribution in [2.24, 2.45) is 0 Å². The predicted molar refractivity (Wildman–Crippen MR) is 151 cm³/mol. The van der Waals surface area contributed by atoms with E-state index < -0.39 is 6.72 Å². The molecule has 0 spiro atoms. The molecule has 35 heavy (non-hydrogen) atoms. The van der Waals surface area contributed by atoms with Gasteiger partial charge in [0.15, 0.2) is 0 Å². The van der Waals surface area contributed by atoms with Gasteiger partial charge in [-0.05, 0) is 73.5 Å². The Kier molecular flexibility index (Phi) is 10.8. The van der Waals surface area contributed by atoms with Gasteiger partial charge >= 0.3 is 6.72 Å². The van der Waals surface area contributed by atoms with Crippen LogP contribution >= 0.6 is 18.1 Å². The molecule has 0 saturated carbocycles. The van der Waals surface area contributed by atoms with Crippen LogP contribution in [-0.4, -0.2) is 23.5 Å². The molecular weight excluding hydrogens is 477 g/mol. The minimum absolute atomic E-state index is 0.0945. The molecule has 0 bridgehead atoms. The molecule has 5 nitrogen and oxygen atoms in total. The number of rotatable bonds is 15. The molecule has 7 heteroatoms. The first-order valence-electron chi connectivity index (χ1n) is 13.1. The second-order valence-corrected chi connectivity index (χ2v) is 13.7. The lowest BCUT2D eigenvalue weighted by Gasteiger charge is -2.31.